The summed E-state index contributed by atoms with van der Waals surface area (Å²) in [5.41, 5.74) is 1.68. The van der Waals surface area contributed by atoms with E-state index in [1.807, 2.05) is 105 Å². The lowest BCUT2D eigenvalue weighted by Gasteiger charge is -2.32. The van der Waals surface area contributed by atoms with Gasteiger partial charge in [0.1, 0.15) is 17.2 Å². The Labute approximate surface area is 283 Å². The van der Waals surface area contributed by atoms with Gasteiger partial charge in [0.25, 0.3) is 0 Å². The molecule has 1 saturated heterocycles. The summed E-state index contributed by atoms with van der Waals surface area (Å²) < 4.78 is 5.34. The van der Waals surface area contributed by atoms with Gasteiger partial charge in [0.15, 0.2) is 0 Å². The van der Waals surface area contributed by atoms with Gasteiger partial charge in [-0.25, -0.2) is 4.79 Å². The van der Waals surface area contributed by atoms with Crippen molar-refractivity contribution in [3.63, 3.8) is 0 Å². The number of rotatable bonds is 13. The maximum atomic E-state index is 12.2. The minimum absolute atomic E-state index is 0.167. The molecular weight excluding hydrogens is 588 g/mol. The number of carbonyl (C=O) groups is 2. The number of ether oxygens (including phenoxy) is 1. The Kier molecular flexibility index (Phi) is 17.8. The van der Waals surface area contributed by atoms with Gasteiger partial charge in [-0.3, -0.25) is 14.7 Å². The molecule has 0 aliphatic carbocycles. The fraction of sp³-hybridized carbons (Fsp3) is 0.410. The standard InChI is InChI=1S/C33H42N4O4.C4H8.C2H6/c1-7-14-24(2)33(26-15-10-8-11-16-26,27-17-12-9-13-18-27)35-23-34-25(3)21-29(30(38)39)37-20-19-28(22-37)36-31(40)41-32(4,5)6;1-3-4-2;1-2/h7-18,23,28-29H,2-3,19-22H2,1,4-6H3,(H,34,35)(H,36,40)(H,38,39);3H,1,4H2,2H3;1-2H3/b14-7-;;. The first-order chi connectivity index (χ1) is 22.4. The van der Waals surface area contributed by atoms with E-state index in [9.17, 15) is 14.7 Å². The minimum Gasteiger partial charge on any atom is -0.480 e. The zero-order valence-corrected chi connectivity index (χ0v) is 29.5. The highest BCUT2D eigenvalue weighted by Gasteiger charge is 2.36. The predicted octanol–water partition coefficient (Wildman–Crippen LogP) is 8.25. The molecule has 8 nitrogen and oxygen atoms in total. The number of hydrogen-bond donors (Lipinski definition) is 3. The number of amides is 1. The van der Waals surface area contributed by atoms with Crippen LogP contribution >= 0.6 is 0 Å². The van der Waals surface area contributed by atoms with Crippen LogP contribution in [0.25, 0.3) is 0 Å². The first-order valence-corrected chi connectivity index (χ1v) is 16.4. The fourth-order valence-corrected chi connectivity index (χ4v) is 5.00. The van der Waals surface area contributed by atoms with Crippen LogP contribution in [0.3, 0.4) is 0 Å². The van der Waals surface area contributed by atoms with E-state index in [0.29, 0.717) is 25.2 Å². The van der Waals surface area contributed by atoms with Crippen molar-refractivity contribution in [1.29, 1.82) is 0 Å². The molecule has 1 heterocycles. The summed E-state index contributed by atoms with van der Waals surface area (Å²) in [7, 11) is 0. The van der Waals surface area contributed by atoms with E-state index in [1.54, 1.807) is 27.1 Å². The molecule has 256 valence electrons. The van der Waals surface area contributed by atoms with Crippen molar-refractivity contribution in [3.05, 3.63) is 121 Å². The molecule has 1 aliphatic rings. The molecule has 3 N–H and O–H groups in total. The summed E-state index contributed by atoms with van der Waals surface area (Å²) in [6.07, 6.45) is 8.71. The summed E-state index contributed by atoms with van der Waals surface area (Å²) in [5.74, 6) is -0.952. The van der Waals surface area contributed by atoms with Crippen LogP contribution in [0.1, 0.15) is 78.9 Å². The Bertz CT molecular complexity index is 1290. The number of carbonyl (C=O) groups excluding carboxylic acids is 1. The van der Waals surface area contributed by atoms with Crippen molar-refractivity contribution < 1.29 is 19.4 Å². The number of aliphatic carboxylic acids is 1. The third-order valence-corrected chi connectivity index (χ3v) is 7.14. The van der Waals surface area contributed by atoms with Gasteiger partial charge in [0.2, 0.25) is 0 Å². The number of aliphatic imine (C=N–C) groups is 1. The third-order valence-electron chi connectivity index (χ3n) is 7.14. The number of alkyl carbamates (subject to hydrolysis) is 1. The summed E-state index contributed by atoms with van der Waals surface area (Å²) in [4.78, 5) is 31.3. The van der Waals surface area contributed by atoms with Crippen LogP contribution in [0.4, 0.5) is 4.79 Å². The first-order valence-electron chi connectivity index (χ1n) is 16.4. The van der Waals surface area contributed by atoms with Gasteiger partial charge in [-0.15, -0.1) is 6.58 Å². The maximum Gasteiger partial charge on any atom is 0.407 e. The molecule has 0 spiro atoms. The Hall–Kier alpha value is -4.43. The number of carboxylic acid groups (broad SMARTS) is 1. The highest BCUT2D eigenvalue weighted by Crippen LogP contribution is 2.40. The van der Waals surface area contributed by atoms with Crippen LogP contribution in [0.5, 0.6) is 0 Å². The molecule has 1 fully saturated rings. The molecule has 0 saturated carbocycles. The highest BCUT2D eigenvalue weighted by atomic mass is 16.6. The molecule has 1 amide bonds. The SMILES string of the molecule is C=C(CC(C(=O)O)N1CCC(NC(=O)OC(C)(C)C)C1)NC=NC(C(=C)/C=C\C)(c1ccccc1)c1ccccc1.C=CCC.CC. The average Bonchev–Trinajstić information content (AvgIpc) is 3.50. The lowest BCUT2D eigenvalue weighted by molar-refractivity contribution is -0.142. The van der Waals surface area contributed by atoms with E-state index in [2.05, 4.69) is 37.3 Å². The Morgan fingerprint density at radius 1 is 1.06 bits per heavy atom. The molecule has 0 radical (unpaired) electrons. The number of likely N-dealkylation sites (tertiary alicyclic amines) is 1. The van der Waals surface area contributed by atoms with Crippen molar-refractivity contribution in [2.24, 2.45) is 4.99 Å². The van der Waals surface area contributed by atoms with E-state index >= 15 is 0 Å². The molecule has 47 heavy (non-hydrogen) atoms. The third kappa shape index (κ3) is 13.1. The summed E-state index contributed by atoms with van der Waals surface area (Å²) >= 11 is 0. The number of allylic oxidation sites excluding steroid dienone is 2. The van der Waals surface area contributed by atoms with Gasteiger partial charge in [0.05, 0.1) is 6.34 Å². The number of benzene rings is 2. The van der Waals surface area contributed by atoms with Crippen LogP contribution in [-0.2, 0) is 15.1 Å². The fourth-order valence-electron chi connectivity index (χ4n) is 5.00. The van der Waals surface area contributed by atoms with Gasteiger partial charge < -0.3 is 20.5 Å². The van der Waals surface area contributed by atoms with Gasteiger partial charge in [-0.05, 0) is 57.2 Å². The van der Waals surface area contributed by atoms with Gasteiger partial charge in [-0.1, -0.05) is 113 Å². The van der Waals surface area contributed by atoms with Crippen LogP contribution in [0, 0.1) is 0 Å². The van der Waals surface area contributed by atoms with Crippen LogP contribution < -0.4 is 10.6 Å². The monoisotopic (exact) mass is 644 g/mol. The molecule has 8 heteroatoms. The molecule has 2 unspecified atom stereocenters. The van der Waals surface area contributed by atoms with Crippen molar-refractivity contribution in [3.8, 4) is 0 Å². The molecule has 2 aromatic rings. The Balaban J connectivity index is 0.00000171. The largest absolute Gasteiger partial charge is 0.480 e. The zero-order valence-electron chi connectivity index (χ0n) is 29.5. The van der Waals surface area contributed by atoms with Crippen molar-refractivity contribution >= 4 is 18.4 Å². The van der Waals surface area contributed by atoms with Gasteiger partial charge in [-0.2, -0.15) is 0 Å². The summed E-state index contributed by atoms with van der Waals surface area (Å²) in [6, 6.07) is 18.9. The first kappa shape index (κ1) is 40.6. The van der Waals surface area contributed by atoms with E-state index in [1.165, 1.54) is 0 Å². The summed E-state index contributed by atoms with van der Waals surface area (Å²) in [5, 5.41) is 16.0. The quantitative estimate of drug-likeness (QED) is 0.0878. The summed E-state index contributed by atoms with van der Waals surface area (Å²) in [6.45, 7) is 26.3. The lowest BCUT2D eigenvalue weighted by atomic mass is 9.77. The topological polar surface area (TPSA) is 103 Å². The van der Waals surface area contributed by atoms with E-state index < -0.39 is 29.2 Å². The van der Waals surface area contributed by atoms with E-state index in [4.69, 9.17) is 9.73 Å². The Morgan fingerprint density at radius 2 is 1.60 bits per heavy atom. The van der Waals surface area contributed by atoms with Crippen LogP contribution in [-0.4, -0.2) is 59.2 Å². The smallest absolute Gasteiger partial charge is 0.407 e. The second-order valence-corrected chi connectivity index (χ2v) is 11.9. The second kappa shape index (κ2) is 20.6. The highest BCUT2D eigenvalue weighted by molar-refractivity contribution is 5.74. The predicted molar refractivity (Wildman–Crippen MR) is 196 cm³/mol. The van der Waals surface area contributed by atoms with Crippen LogP contribution in [0.2, 0.25) is 0 Å². The molecule has 2 atom stereocenters. The number of hydrogen-bond acceptors (Lipinski definition) is 5. The van der Waals surface area contributed by atoms with Crippen molar-refractivity contribution in [1.82, 2.24) is 15.5 Å². The number of nitrogens with one attached hydrogen (secondary N) is 2. The van der Waals surface area contributed by atoms with E-state index in [-0.39, 0.29) is 12.5 Å². The maximum absolute atomic E-state index is 12.2. The second-order valence-electron chi connectivity index (χ2n) is 11.9. The Morgan fingerprint density at radius 3 is 2.04 bits per heavy atom. The molecule has 2 aromatic carbocycles. The average molecular weight is 645 g/mol. The van der Waals surface area contributed by atoms with Crippen molar-refractivity contribution in [2.45, 2.75) is 91.0 Å². The van der Waals surface area contributed by atoms with Gasteiger partial charge >= 0.3 is 12.1 Å². The lowest BCUT2D eigenvalue weighted by Crippen LogP contribution is -2.44. The van der Waals surface area contributed by atoms with Crippen molar-refractivity contribution in [2.75, 3.05) is 13.1 Å². The van der Waals surface area contributed by atoms with Crippen LogP contribution in [0.15, 0.2) is 115 Å². The zero-order chi connectivity index (χ0) is 35.5. The molecular formula is C39H56N4O4. The molecule has 0 aromatic heterocycles. The van der Waals surface area contributed by atoms with E-state index in [0.717, 1.165) is 23.1 Å². The number of nitrogens with zero attached hydrogens (tertiary/aromatic N) is 2. The number of carboxylic acids is 1. The molecule has 0 bridgehead atoms. The minimum atomic E-state index is -0.952. The molecule has 3 rings (SSSR count). The van der Waals surface area contributed by atoms with Gasteiger partial charge in [0, 0.05) is 31.2 Å². The normalized spacial score (nSPS) is 15.4. The molecule has 1 aliphatic heterocycles.